The molecule has 0 saturated heterocycles. The number of nitrogens with zero attached hydrogens (tertiary/aromatic N) is 3. The fourth-order valence-electron chi connectivity index (χ4n) is 1.94. The maximum Gasteiger partial charge on any atom is 0.158 e. The van der Waals surface area contributed by atoms with E-state index in [2.05, 4.69) is 15.3 Å². The third-order valence-electron chi connectivity index (χ3n) is 2.92. The van der Waals surface area contributed by atoms with Crippen LogP contribution in [0.15, 0.2) is 36.7 Å². The molecular formula is C16H16N6O2. The first-order chi connectivity index (χ1) is 11.5. The zero-order valence-corrected chi connectivity index (χ0v) is 12.9. The van der Waals surface area contributed by atoms with E-state index in [1.54, 1.807) is 12.1 Å². The number of anilines is 1. The minimum absolute atomic E-state index is 0.0411. The highest BCUT2D eigenvalue weighted by atomic mass is 16.5. The van der Waals surface area contributed by atoms with E-state index < -0.39 is 0 Å². The lowest BCUT2D eigenvalue weighted by molar-refractivity contribution is 0.336. The Morgan fingerprint density at radius 3 is 2.88 bits per heavy atom. The molecule has 0 fully saturated rings. The number of nitrogens with one attached hydrogen (secondary N) is 2. The normalized spacial score (nSPS) is 10.8. The maximum absolute atomic E-state index is 10.0. The molecule has 0 amide bonds. The van der Waals surface area contributed by atoms with Gasteiger partial charge in [0.25, 0.3) is 0 Å². The molecule has 2 rings (SSSR count). The molecule has 1 aromatic carbocycles. The van der Waals surface area contributed by atoms with Gasteiger partial charge in [-0.15, -0.1) is 0 Å². The quantitative estimate of drug-likeness (QED) is 0.485. The molecule has 0 aliphatic carbocycles. The third-order valence-corrected chi connectivity index (χ3v) is 2.92. The zero-order valence-electron chi connectivity index (χ0n) is 12.9. The Morgan fingerprint density at radius 2 is 2.25 bits per heavy atom. The Morgan fingerprint density at radius 1 is 1.46 bits per heavy atom. The highest BCUT2D eigenvalue weighted by Gasteiger charge is 2.12. The maximum atomic E-state index is 10.0. The minimum Gasteiger partial charge on any atom is -0.507 e. The predicted octanol–water partition coefficient (Wildman–Crippen LogP) is 1.84. The van der Waals surface area contributed by atoms with E-state index in [0.29, 0.717) is 23.7 Å². The molecule has 0 atom stereocenters. The number of hydrogen-bond donors (Lipinski definition) is 4. The van der Waals surface area contributed by atoms with Gasteiger partial charge in [-0.25, -0.2) is 9.97 Å². The lowest BCUT2D eigenvalue weighted by atomic mass is 10.1. The van der Waals surface area contributed by atoms with Gasteiger partial charge in [0.15, 0.2) is 5.69 Å². The largest absolute Gasteiger partial charge is 0.507 e. The van der Waals surface area contributed by atoms with E-state index >= 15 is 0 Å². The zero-order chi connectivity index (χ0) is 17.5. The molecule has 8 nitrogen and oxygen atoms in total. The van der Waals surface area contributed by atoms with Crippen LogP contribution < -0.4 is 15.8 Å². The smallest absolute Gasteiger partial charge is 0.158 e. The number of nitrogens with two attached hydrogens (primary N) is 1. The van der Waals surface area contributed by atoms with Crippen molar-refractivity contribution in [2.24, 2.45) is 5.73 Å². The summed E-state index contributed by atoms with van der Waals surface area (Å²) in [5, 5.41) is 29.3. The van der Waals surface area contributed by atoms with Gasteiger partial charge < -0.3 is 20.9 Å². The molecule has 1 heterocycles. The van der Waals surface area contributed by atoms with Gasteiger partial charge in [0.2, 0.25) is 0 Å². The summed E-state index contributed by atoms with van der Waals surface area (Å²) in [6, 6.07) is 6.67. The molecule has 0 spiro atoms. The predicted molar refractivity (Wildman–Crippen MR) is 89.5 cm³/mol. The number of rotatable bonds is 5. The van der Waals surface area contributed by atoms with Gasteiger partial charge in [0.05, 0.1) is 24.6 Å². The number of phenols is 1. The highest BCUT2D eigenvalue weighted by Crippen LogP contribution is 2.31. The second-order valence-electron chi connectivity index (χ2n) is 4.62. The average Bonchev–Trinajstić information content (AvgIpc) is 2.55. The highest BCUT2D eigenvalue weighted by molar-refractivity contribution is 6.05. The summed E-state index contributed by atoms with van der Waals surface area (Å²) in [6.45, 7) is 2.24. The molecule has 5 N–H and O–H groups in total. The summed E-state index contributed by atoms with van der Waals surface area (Å²) < 4.78 is 5.44. The van der Waals surface area contributed by atoms with Crippen molar-refractivity contribution >= 4 is 17.4 Å². The van der Waals surface area contributed by atoms with Crippen LogP contribution in [0.5, 0.6) is 11.5 Å². The molecule has 8 heteroatoms. The molecule has 0 saturated carbocycles. The van der Waals surface area contributed by atoms with Crippen molar-refractivity contribution in [1.82, 2.24) is 9.97 Å². The number of ether oxygens (including phenoxy) is 1. The van der Waals surface area contributed by atoms with E-state index in [0.717, 1.165) is 0 Å². The van der Waals surface area contributed by atoms with Gasteiger partial charge in [0.1, 0.15) is 29.2 Å². The number of nitriles is 1. The number of aromatic hydroxyl groups is 1. The average molecular weight is 324 g/mol. The number of hydrogen-bond acceptors (Lipinski definition) is 7. The number of benzene rings is 1. The summed E-state index contributed by atoms with van der Waals surface area (Å²) >= 11 is 0. The Labute approximate surface area is 138 Å². The Balaban J connectivity index is 2.21. The number of phenolic OH excluding ortho intramolecular Hbond substituents is 1. The van der Waals surface area contributed by atoms with Gasteiger partial charge >= 0.3 is 0 Å². The Kier molecular flexibility index (Phi) is 5.31. The summed E-state index contributed by atoms with van der Waals surface area (Å²) in [5.41, 5.74) is 6.65. The molecule has 0 radical (unpaired) electrons. The van der Waals surface area contributed by atoms with Crippen molar-refractivity contribution in [2.45, 2.75) is 6.92 Å². The molecular weight excluding hydrogens is 308 g/mol. The van der Waals surface area contributed by atoms with Crippen molar-refractivity contribution < 1.29 is 9.84 Å². The van der Waals surface area contributed by atoms with Crippen molar-refractivity contribution in [3.8, 4) is 17.6 Å². The van der Waals surface area contributed by atoms with Crippen LogP contribution in [0, 0.1) is 16.7 Å². The van der Waals surface area contributed by atoms with Gasteiger partial charge in [-0.1, -0.05) is 6.07 Å². The van der Waals surface area contributed by atoms with Crippen LogP contribution >= 0.6 is 0 Å². The number of amidine groups is 1. The monoisotopic (exact) mass is 324 g/mol. The third kappa shape index (κ3) is 3.98. The first-order valence-electron chi connectivity index (χ1n) is 7.05. The van der Waals surface area contributed by atoms with Gasteiger partial charge in [-0.2, -0.15) is 5.26 Å². The summed E-state index contributed by atoms with van der Waals surface area (Å²) in [7, 11) is 0. The van der Waals surface area contributed by atoms with Gasteiger partial charge in [0, 0.05) is 11.8 Å². The van der Waals surface area contributed by atoms with Crippen molar-refractivity contribution in [2.75, 3.05) is 11.9 Å². The molecule has 1 aromatic heterocycles. The topological polar surface area (TPSA) is 141 Å². The van der Waals surface area contributed by atoms with Crippen LogP contribution in [0.1, 0.15) is 18.2 Å². The van der Waals surface area contributed by atoms with Crippen molar-refractivity contribution in [1.29, 1.82) is 10.7 Å². The number of aromatic nitrogens is 2. The second kappa shape index (κ2) is 7.60. The standard InChI is InChI=1S/C16H16N6O2/c1-2-24-13-5-3-4-12(23)16(13)11(18)6-14(19)22-15-9-20-10(7-17)8-21-15/h3-6,8-9,23H,2,18H2,1H3,(H2,19,21,22)/b11-6-. The van der Waals surface area contributed by atoms with E-state index in [1.165, 1.54) is 24.5 Å². The first kappa shape index (κ1) is 16.8. The van der Waals surface area contributed by atoms with Crippen molar-refractivity contribution in [3.63, 3.8) is 0 Å². The van der Waals surface area contributed by atoms with Crippen molar-refractivity contribution in [3.05, 3.63) is 47.9 Å². The van der Waals surface area contributed by atoms with Gasteiger partial charge in [-0.3, -0.25) is 5.41 Å². The van der Waals surface area contributed by atoms with Crippen LogP contribution in [0.25, 0.3) is 5.70 Å². The van der Waals surface area contributed by atoms with E-state index in [4.69, 9.17) is 21.1 Å². The van der Waals surface area contributed by atoms with Crippen LogP contribution in [0.2, 0.25) is 0 Å². The Hall–Kier alpha value is -3.60. The first-order valence-corrected chi connectivity index (χ1v) is 7.05. The fourth-order valence-corrected chi connectivity index (χ4v) is 1.94. The lowest BCUT2D eigenvalue weighted by Gasteiger charge is -2.12. The van der Waals surface area contributed by atoms with Crippen LogP contribution in [0.4, 0.5) is 5.82 Å². The van der Waals surface area contributed by atoms with Crippen LogP contribution in [-0.4, -0.2) is 27.5 Å². The fraction of sp³-hybridized carbons (Fsp3) is 0.125. The summed E-state index contributed by atoms with van der Waals surface area (Å²) in [4.78, 5) is 7.80. The minimum atomic E-state index is -0.0581. The molecule has 24 heavy (non-hydrogen) atoms. The van der Waals surface area contributed by atoms with E-state index in [9.17, 15) is 5.11 Å². The second-order valence-corrected chi connectivity index (χ2v) is 4.62. The molecule has 122 valence electrons. The summed E-state index contributed by atoms with van der Waals surface area (Å²) in [5.74, 6) is 0.625. The molecule has 0 aliphatic heterocycles. The van der Waals surface area contributed by atoms with Crippen LogP contribution in [-0.2, 0) is 0 Å². The molecule has 0 aliphatic rings. The molecule has 2 aromatic rings. The van der Waals surface area contributed by atoms with E-state index in [-0.39, 0.29) is 23.0 Å². The van der Waals surface area contributed by atoms with Crippen LogP contribution in [0.3, 0.4) is 0 Å². The summed E-state index contributed by atoms with van der Waals surface area (Å²) in [6.07, 6.45) is 3.96. The van der Waals surface area contributed by atoms with E-state index in [1.807, 2.05) is 13.0 Å². The Bertz CT molecular complexity index is 808. The molecule has 0 bridgehead atoms. The SMILES string of the molecule is CCOc1cccc(O)c1/C(N)=C/C(=N)Nc1cnc(C#N)cn1. The molecule has 0 unspecified atom stereocenters. The van der Waals surface area contributed by atoms with Gasteiger partial charge in [-0.05, 0) is 19.1 Å². The lowest BCUT2D eigenvalue weighted by Crippen LogP contribution is -2.12.